The van der Waals surface area contributed by atoms with E-state index in [9.17, 15) is 5.11 Å². The molecule has 4 heteroatoms. The molecule has 128 valence electrons. The van der Waals surface area contributed by atoms with Crippen molar-refractivity contribution in [3.63, 3.8) is 0 Å². The van der Waals surface area contributed by atoms with Crippen molar-refractivity contribution < 1.29 is 5.11 Å². The van der Waals surface area contributed by atoms with Crippen molar-refractivity contribution in [3.05, 3.63) is 64.7 Å². The van der Waals surface area contributed by atoms with Crippen LogP contribution in [0, 0.1) is 0 Å². The number of rotatable bonds is 4. The number of hydrogen-bond donors (Lipinski definition) is 1. The minimum Gasteiger partial charge on any atom is -0.508 e. The molecule has 2 aromatic rings. The van der Waals surface area contributed by atoms with E-state index in [2.05, 4.69) is 54.2 Å². The molecular weight excluding hydrogens is 320 g/mol. The lowest BCUT2D eigenvalue weighted by molar-refractivity contribution is 0.0507. The average molecular weight is 345 g/mol. The van der Waals surface area contributed by atoms with Gasteiger partial charge in [0.05, 0.1) is 0 Å². The molecule has 0 bridgehead atoms. The van der Waals surface area contributed by atoms with Gasteiger partial charge in [0, 0.05) is 30.2 Å². The molecule has 1 aliphatic rings. The molecule has 0 spiro atoms. The predicted molar refractivity (Wildman–Crippen MR) is 99.4 cm³/mol. The number of likely N-dealkylation sites (tertiary alicyclic amines) is 1. The summed E-state index contributed by atoms with van der Waals surface area (Å²) in [5.41, 5.74) is 2.58. The maximum atomic E-state index is 9.50. The van der Waals surface area contributed by atoms with E-state index in [1.54, 1.807) is 12.1 Å². The fourth-order valence-corrected chi connectivity index (χ4v) is 3.96. The maximum Gasteiger partial charge on any atom is 0.117 e. The molecule has 3 rings (SSSR count). The van der Waals surface area contributed by atoms with Gasteiger partial charge in [0.15, 0.2) is 0 Å². The summed E-state index contributed by atoms with van der Waals surface area (Å²) in [6.45, 7) is 2.89. The van der Waals surface area contributed by atoms with E-state index in [1.807, 2.05) is 6.07 Å². The van der Waals surface area contributed by atoms with Crippen LogP contribution < -0.4 is 0 Å². The van der Waals surface area contributed by atoms with Crippen molar-refractivity contribution in [3.8, 4) is 5.75 Å². The van der Waals surface area contributed by atoms with Crippen LogP contribution in [-0.4, -0.2) is 42.1 Å². The van der Waals surface area contributed by atoms with Gasteiger partial charge >= 0.3 is 0 Å². The molecule has 3 nitrogen and oxygen atoms in total. The summed E-state index contributed by atoms with van der Waals surface area (Å²) in [5.74, 6) is 0.220. The van der Waals surface area contributed by atoms with Gasteiger partial charge in [0.25, 0.3) is 0 Å². The smallest absolute Gasteiger partial charge is 0.117 e. The maximum absolute atomic E-state index is 9.50. The van der Waals surface area contributed by atoms with Crippen LogP contribution in [0.2, 0.25) is 5.02 Å². The largest absolute Gasteiger partial charge is 0.508 e. The van der Waals surface area contributed by atoms with E-state index in [-0.39, 0.29) is 11.3 Å². The van der Waals surface area contributed by atoms with Gasteiger partial charge in [-0.15, -0.1) is 0 Å². The van der Waals surface area contributed by atoms with Crippen molar-refractivity contribution in [1.82, 2.24) is 9.80 Å². The molecular formula is C20H25ClN2O. The highest BCUT2D eigenvalue weighted by Crippen LogP contribution is 2.37. The highest BCUT2D eigenvalue weighted by atomic mass is 35.5. The van der Waals surface area contributed by atoms with Crippen LogP contribution in [0.4, 0.5) is 0 Å². The minimum absolute atomic E-state index is 0.108. The van der Waals surface area contributed by atoms with Crippen LogP contribution in [0.1, 0.15) is 24.0 Å². The summed E-state index contributed by atoms with van der Waals surface area (Å²) in [5, 5.41) is 10.1. The number of hydrogen-bond acceptors (Lipinski definition) is 3. The van der Waals surface area contributed by atoms with E-state index >= 15 is 0 Å². The minimum atomic E-state index is 0.108. The first kappa shape index (κ1) is 17.3. The van der Waals surface area contributed by atoms with E-state index in [0.717, 1.165) is 38.0 Å². The molecule has 0 saturated carbocycles. The van der Waals surface area contributed by atoms with Crippen molar-refractivity contribution in [2.45, 2.75) is 24.9 Å². The second kappa shape index (κ2) is 7.14. The number of piperidine rings is 1. The Bertz CT molecular complexity index is 679. The molecule has 24 heavy (non-hydrogen) atoms. The summed E-state index contributed by atoms with van der Waals surface area (Å²) < 4.78 is 0. The summed E-state index contributed by atoms with van der Waals surface area (Å²) in [6.07, 6.45) is 2.19. The molecule has 0 radical (unpaired) electrons. The third-order valence-electron chi connectivity index (χ3n) is 5.28. The molecule has 0 aliphatic carbocycles. The molecule has 0 amide bonds. The van der Waals surface area contributed by atoms with E-state index in [1.165, 1.54) is 5.56 Å². The average Bonchev–Trinajstić information content (AvgIpc) is 2.59. The van der Waals surface area contributed by atoms with Gasteiger partial charge in [-0.1, -0.05) is 48.0 Å². The Labute approximate surface area is 149 Å². The van der Waals surface area contributed by atoms with E-state index in [4.69, 9.17) is 11.6 Å². The Hall–Kier alpha value is -1.55. The van der Waals surface area contributed by atoms with Crippen LogP contribution in [-0.2, 0) is 12.1 Å². The van der Waals surface area contributed by atoms with E-state index in [0.29, 0.717) is 5.02 Å². The highest BCUT2D eigenvalue weighted by Gasteiger charge is 2.37. The predicted octanol–water partition coefficient (Wildman–Crippen LogP) is 4.10. The first-order valence-electron chi connectivity index (χ1n) is 8.44. The number of halogens is 1. The van der Waals surface area contributed by atoms with Crippen molar-refractivity contribution in [1.29, 1.82) is 0 Å². The van der Waals surface area contributed by atoms with Gasteiger partial charge in [-0.05, 0) is 50.2 Å². The van der Waals surface area contributed by atoms with E-state index < -0.39 is 0 Å². The van der Waals surface area contributed by atoms with Crippen LogP contribution in [0.15, 0.2) is 48.5 Å². The number of benzene rings is 2. The zero-order valence-corrected chi connectivity index (χ0v) is 15.1. The monoisotopic (exact) mass is 344 g/mol. The first-order valence-corrected chi connectivity index (χ1v) is 8.82. The lowest BCUT2D eigenvalue weighted by atomic mass is 9.79. The van der Waals surface area contributed by atoms with Crippen molar-refractivity contribution in [2.75, 3.05) is 27.2 Å². The Morgan fingerprint density at radius 3 is 2.33 bits per heavy atom. The Balaban J connectivity index is 1.72. The van der Waals surface area contributed by atoms with Crippen molar-refractivity contribution >= 4 is 11.6 Å². The topological polar surface area (TPSA) is 26.7 Å². The lowest BCUT2D eigenvalue weighted by Gasteiger charge is -2.46. The summed E-state index contributed by atoms with van der Waals surface area (Å²) >= 11 is 6.26. The molecule has 0 aromatic heterocycles. The summed E-state index contributed by atoms with van der Waals surface area (Å²) in [6, 6.07) is 16.1. The Morgan fingerprint density at radius 2 is 1.75 bits per heavy atom. The second-order valence-corrected chi connectivity index (χ2v) is 7.25. The fraction of sp³-hybridized carbons (Fsp3) is 0.400. The molecule has 1 N–H and O–H groups in total. The third-order valence-corrected chi connectivity index (χ3v) is 5.63. The molecule has 1 saturated heterocycles. The number of nitrogens with zero attached hydrogens (tertiary/aromatic N) is 2. The summed E-state index contributed by atoms with van der Waals surface area (Å²) in [4.78, 5) is 4.82. The van der Waals surface area contributed by atoms with Gasteiger partial charge < -0.3 is 5.11 Å². The molecule has 1 aliphatic heterocycles. The number of aromatic hydroxyl groups is 1. The standard InChI is InChI=1S/C20H25ClN2O/c1-22(2)20(17-6-4-3-5-7-17)10-12-23(13-11-20)15-16-8-9-18(24)14-19(16)21/h3-9,14,24H,10-13,15H2,1-2H3. The highest BCUT2D eigenvalue weighted by molar-refractivity contribution is 6.31. The van der Waals surface area contributed by atoms with Crippen LogP contribution in [0.3, 0.4) is 0 Å². The number of phenolic OH excluding ortho intramolecular Hbond substituents is 1. The Kier molecular flexibility index (Phi) is 5.14. The van der Waals surface area contributed by atoms with Crippen LogP contribution >= 0.6 is 11.6 Å². The quantitative estimate of drug-likeness (QED) is 0.904. The Morgan fingerprint density at radius 1 is 1.08 bits per heavy atom. The van der Waals surface area contributed by atoms with Crippen LogP contribution in [0.5, 0.6) is 5.75 Å². The molecule has 1 heterocycles. The van der Waals surface area contributed by atoms with Crippen LogP contribution in [0.25, 0.3) is 0 Å². The molecule has 1 fully saturated rings. The van der Waals surface area contributed by atoms with Gasteiger partial charge in [-0.25, -0.2) is 0 Å². The first-order chi connectivity index (χ1) is 11.5. The second-order valence-electron chi connectivity index (χ2n) is 6.84. The van der Waals surface area contributed by atoms with Gasteiger partial charge in [-0.2, -0.15) is 0 Å². The molecule has 0 unspecified atom stereocenters. The lowest BCUT2D eigenvalue weighted by Crippen LogP contribution is -2.50. The number of phenols is 1. The van der Waals surface area contributed by atoms with Gasteiger partial charge in [-0.3, -0.25) is 9.80 Å². The SMILES string of the molecule is CN(C)C1(c2ccccc2)CCN(Cc2ccc(O)cc2Cl)CC1. The van der Waals surface area contributed by atoms with Gasteiger partial charge in [0.2, 0.25) is 0 Å². The molecule has 0 atom stereocenters. The molecule has 2 aromatic carbocycles. The fourth-order valence-electron chi connectivity index (χ4n) is 3.73. The normalized spacial score (nSPS) is 18.0. The van der Waals surface area contributed by atoms with Crippen molar-refractivity contribution in [2.24, 2.45) is 0 Å². The zero-order chi connectivity index (χ0) is 17.2. The van der Waals surface area contributed by atoms with Gasteiger partial charge in [0.1, 0.15) is 5.75 Å². The third kappa shape index (κ3) is 3.44. The summed E-state index contributed by atoms with van der Waals surface area (Å²) in [7, 11) is 4.36. The zero-order valence-electron chi connectivity index (χ0n) is 14.4.